The third kappa shape index (κ3) is 3.80. The second-order valence-electron chi connectivity index (χ2n) is 6.28. The van der Waals surface area contributed by atoms with Crippen LogP contribution in [0.5, 0.6) is 0 Å². The lowest BCUT2D eigenvalue weighted by molar-refractivity contribution is -0.138. The van der Waals surface area contributed by atoms with Gasteiger partial charge in [-0.2, -0.15) is 0 Å². The molecular weight excluding hydrogens is 362 g/mol. The maximum absolute atomic E-state index is 12.7. The van der Waals surface area contributed by atoms with Crippen molar-refractivity contribution in [3.05, 3.63) is 52.4 Å². The van der Waals surface area contributed by atoms with Crippen LogP contribution in [0.1, 0.15) is 28.5 Å². The van der Waals surface area contributed by atoms with Gasteiger partial charge in [0.25, 0.3) is 0 Å². The molecule has 146 valence electrons. The first-order valence-corrected chi connectivity index (χ1v) is 8.89. The smallest absolute Gasteiger partial charge is 0.340 e. The third-order valence-electron chi connectivity index (χ3n) is 4.46. The summed E-state index contributed by atoms with van der Waals surface area (Å²) in [4.78, 5) is 40.9. The highest BCUT2D eigenvalue weighted by Crippen LogP contribution is 2.23. The van der Waals surface area contributed by atoms with Crippen LogP contribution in [0.3, 0.4) is 0 Å². The fraction of sp³-hybridized carbons (Fsp3) is 0.300. The van der Waals surface area contributed by atoms with Gasteiger partial charge in [0.2, 0.25) is 0 Å². The van der Waals surface area contributed by atoms with Crippen LogP contribution in [0, 0.1) is 13.8 Å². The third-order valence-corrected chi connectivity index (χ3v) is 4.46. The summed E-state index contributed by atoms with van der Waals surface area (Å²) in [5.74, 6) is -1.14. The number of amides is 2. The number of ether oxygens (including phenoxy) is 2. The number of aryl methyl sites for hydroxylation is 2. The minimum Gasteiger partial charge on any atom is -0.463 e. The maximum Gasteiger partial charge on any atom is 0.340 e. The van der Waals surface area contributed by atoms with Crippen LogP contribution in [0.15, 0.2) is 35.5 Å². The number of carbonyl (C=O) groups excluding carboxylic acids is 3. The molecule has 0 spiro atoms. The van der Waals surface area contributed by atoms with E-state index in [1.54, 1.807) is 13.8 Å². The molecule has 0 saturated heterocycles. The monoisotopic (exact) mass is 383 g/mol. The fourth-order valence-corrected chi connectivity index (χ4v) is 3.11. The molecule has 28 heavy (non-hydrogen) atoms. The molecule has 1 aromatic carbocycles. The van der Waals surface area contributed by atoms with Gasteiger partial charge in [-0.3, -0.25) is 4.98 Å². The molecule has 0 saturated carbocycles. The van der Waals surface area contributed by atoms with Gasteiger partial charge in [0.05, 0.1) is 41.2 Å². The minimum atomic E-state index is -0.572. The molecule has 0 fully saturated rings. The number of hydrogen-bond acceptors (Lipinski definition) is 6. The predicted octanol–water partition coefficient (Wildman–Crippen LogP) is 2.14. The highest BCUT2D eigenvalue weighted by Gasteiger charge is 2.25. The van der Waals surface area contributed by atoms with Crippen molar-refractivity contribution >= 4 is 28.9 Å². The molecule has 2 amide bonds. The number of fused-ring (bicyclic) bond motifs is 1. The molecular formula is C20H21N3O5. The molecule has 0 aliphatic carbocycles. The number of nitrogens with one attached hydrogen (secondary N) is 2. The molecule has 0 radical (unpaired) electrons. The second kappa shape index (κ2) is 8.08. The quantitative estimate of drug-likeness (QED) is 0.766. The highest BCUT2D eigenvalue weighted by molar-refractivity contribution is 5.98. The molecule has 3 rings (SSSR count). The molecule has 2 N–H and O–H groups in total. The van der Waals surface area contributed by atoms with E-state index in [1.165, 1.54) is 0 Å². The van der Waals surface area contributed by atoms with E-state index in [0.29, 0.717) is 11.3 Å². The Labute approximate surface area is 161 Å². The number of carbonyl (C=O) groups is 3. The van der Waals surface area contributed by atoms with Crippen LogP contribution in [0.2, 0.25) is 0 Å². The summed E-state index contributed by atoms with van der Waals surface area (Å²) < 4.78 is 10.4. The average Bonchev–Trinajstić information content (AvgIpc) is 2.66. The highest BCUT2D eigenvalue weighted by atomic mass is 16.5. The van der Waals surface area contributed by atoms with Gasteiger partial charge in [0.1, 0.15) is 6.61 Å². The number of rotatable bonds is 5. The van der Waals surface area contributed by atoms with Gasteiger partial charge in [-0.1, -0.05) is 18.2 Å². The molecule has 2 heterocycles. The molecule has 0 atom stereocenters. The van der Waals surface area contributed by atoms with Gasteiger partial charge < -0.3 is 20.1 Å². The fourth-order valence-electron chi connectivity index (χ4n) is 3.11. The minimum absolute atomic E-state index is 0.00708. The number of para-hydroxylation sites is 1. The topological polar surface area (TPSA) is 107 Å². The van der Waals surface area contributed by atoms with Gasteiger partial charge in [-0.25, -0.2) is 14.4 Å². The summed E-state index contributed by atoms with van der Waals surface area (Å²) in [6, 6.07) is 7.06. The Bertz CT molecular complexity index is 997. The average molecular weight is 383 g/mol. The number of benzene rings is 1. The van der Waals surface area contributed by atoms with Crippen LogP contribution >= 0.6 is 0 Å². The molecule has 0 bridgehead atoms. The van der Waals surface area contributed by atoms with Crippen LogP contribution < -0.4 is 10.6 Å². The van der Waals surface area contributed by atoms with Crippen LogP contribution in [0.4, 0.5) is 4.79 Å². The van der Waals surface area contributed by atoms with Gasteiger partial charge in [0, 0.05) is 5.39 Å². The van der Waals surface area contributed by atoms with E-state index in [1.807, 2.05) is 31.2 Å². The Hall–Kier alpha value is -3.42. The van der Waals surface area contributed by atoms with E-state index >= 15 is 0 Å². The Morgan fingerprint density at radius 3 is 2.64 bits per heavy atom. The summed E-state index contributed by atoms with van der Waals surface area (Å²) in [6.07, 6.45) is 0. The van der Waals surface area contributed by atoms with Crippen LogP contribution in [-0.2, 0) is 14.3 Å². The lowest BCUT2D eigenvalue weighted by Crippen LogP contribution is -2.45. The number of urea groups is 1. The Morgan fingerprint density at radius 1 is 1.14 bits per heavy atom. The lowest BCUT2D eigenvalue weighted by atomic mass is 10.0. The number of hydrogen-bond donors (Lipinski definition) is 2. The zero-order chi connectivity index (χ0) is 20.3. The van der Waals surface area contributed by atoms with Crippen molar-refractivity contribution in [2.75, 3.05) is 19.8 Å². The molecule has 1 aliphatic heterocycles. The van der Waals surface area contributed by atoms with Crippen molar-refractivity contribution in [3.8, 4) is 0 Å². The van der Waals surface area contributed by atoms with Gasteiger partial charge >= 0.3 is 18.0 Å². The second-order valence-corrected chi connectivity index (χ2v) is 6.28. The summed E-state index contributed by atoms with van der Waals surface area (Å²) in [5, 5.41) is 5.87. The summed E-state index contributed by atoms with van der Waals surface area (Å²) in [7, 11) is 0. The van der Waals surface area contributed by atoms with Crippen molar-refractivity contribution in [1.82, 2.24) is 15.6 Å². The number of esters is 2. The van der Waals surface area contributed by atoms with E-state index in [4.69, 9.17) is 9.47 Å². The molecule has 1 aromatic heterocycles. The van der Waals surface area contributed by atoms with Gasteiger partial charge in [-0.05, 0) is 32.4 Å². The van der Waals surface area contributed by atoms with Gasteiger partial charge in [0.15, 0.2) is 0 Å². The molecule has 8 nitrogen and oxygen atoms in total. The maximum atomic E-state index is 12.7. The van der Waals surface area contributed by atoms with Crippen molar-refractivity contribution < 1.29 is 23.9 Å². The number of pyridine rings is 1. The lowest BCUT2D eigenvalue weighted by Gasteiger charge is -2.21. The van der Waals surface area contributed by atoms with Crippen molar-refractivity contribution in [1.29, 1.82) is 0 Å². The Balaban J connectivity index is 1.86. The first kappa shape index (κ1) is 19.3. The van der Waals surface area contributed by atoms with E-state index in [9.17, 15) is 14.4 Å². The summed E-state index contributed by atoms with van der Waals surface area (Å²) >= 11 is 0. The van der Waals surface area contributed by atoms with Crippen LogP contribution in [0.25, 0.3) is 10.9 Å². The number of aromatic nitrogens is 1. The van der Waals surface area contributed by atoms with Crippen molar-refractivity contribution in [2.24, 2.45) is 0 Å². The zero-order valence-corrected chi connectivity index (χ0v) is 15.9. The van der Waals surface area contributed by atoms with Crippen LogP contribution in [-0.4, -0.2) is 42.7 Å². The van der Waals surface area contributed by atoms with E-state index < -0.39 is 18.0 Å². The predicted molar refractivity (Wildman–Crippen MR) is 102 cm³/mol. The summed E-state index contributed by atoms with van der Waals surface area (Å²) in [5.41, 5.74) is 2.92. The largest absolute Gasteiger partial charge is 0.463 e. The van der Waals surface area contributed by atoms with E-state index in [-0.39, 0.29) is 31.0 Å². The molecule has 2 aromatic rings. The zero-order valence-electron chi connectivity index (χ0n) is 15.9. The first-order chi connectivity index (χ1) is 13.4. The summed E-state index contributed by atoms with van der Waals surface area (Å²) in [6.45, 7) is 5.21. The van der Waals surface area contributed by atoms with Gasteiger partial charge in [-0.15, -0.1) is 0 Å². The number of nitrogens with zero attached hydrogens (tertiary/aromatic N) is 1. The SMILES string of the molecule is CCOC(=O)C1=C(COC(=O)c2c(C)nc3ccccc3c2C)NC(=O)NC1. The first-order valence-electron chi connectivity index (χ1n) is 8.89. The Kier molecular flexibility index (Phi) is 5.58. The molecule has 0 unspecified atom stereocenters. The normalized spacial score (nSPS) is 13.8. The standard InChI is InChI=1S/C20H21N3O5/c1-4-27-18(24)14-9-21-20(26)23-16(14)10-28-19(25)17-11(2)13-7-5-6-8-15(13)22-12(17)3/h5-8H,4,9-10H2,1-3H3,(H2,21,23,26). The van der Waals surface area contributed by atoms with Crippen molar-refractivity contribution in [2.45, 2.75) is 20.8 Å². The van der Waals surface area contributed by atoms with E-state index in [0.717, 1.165) is 16.5 Å². The van der Waals surface area contributed by atoms with E-state index in [2.05, 4.69) is 15.6 Å². The van der Waals surface area contributed by atoms with Crippen molar-refractivity contribution in [3.63, 3.8) is 0 Å². The Morgan fingerprint density at radius 2 is 1.89 bits per heavy atom. The molecule has 8 heteroatoms. The molecule has 1 aliphatic rings.